The van der Waals surface area contributed by atoms with E-state index in [1.165, 1.54) is 0 Å². The first-order chi connectivity index (χ1) is 10.1. The van der Waals surface area contributed by atoms with Gasteiger partial charge in [0.05, 0.1) is 12.1 Å². The maximum Gasteiger partial charge on any atom is 0.158 e. The predicted octanol–water partition coefficient (Wildman–Crippen LogP) is 2.02. The summed E-state index contributed by atoms with van der Waals surface area (Å²) in [5, 5.41) is 16.3. The Morgan fingerprint density at radius 3 is 2.57 bits per heavy atom. The van der Waals surface area contributed by atoms with Crippen LogP contribution in [0.25, 0.3) is 0 Å². The summed E-state index contributed by atoms with van der Waals surface area (Å²) in [6.45, 7) is 2.76. The van der Waals surface area contributed by atoms with Gasteiger partial charge in [-0.15, -0.1) is 0 Å². The van der Waals surface area contributed by atoms with Crippen LogP contribution in [0.15, 0.2) is 6.07 Å². The Hall–Kier alpha value is -1.40. The molecule has 0 bridgehead atoms. The molecule has 0 aromatic carbocycles. The van der Waals surface area contributed by atoms with Crippen LogP contribution in [0.4, 0.5) is 11.6 Å². The van der Waals surface area contributed by atoms with Crippen molar-refractivity contribution >= 4 is 11.6 Å². The molecule has 1 heterocycles. The summed E-state index contributed by atoms with van der Waals surface area (Å²) in [4.78, 5) is 8.82. The van der Waals surface area contributed by atoms with Gasteiger partial charge in [0.25, 0.3) is 0 Å². The average molecular weight is 294 g/mol. The van der Waals surface area contributed by atoms with Crippen LogP contribution >= 0.6 is 0 Å². The summed E-state index contributed by atoms with van der Waals surface area (Å²) >= 11 is 0. The second-order valence-corrected chi connectivity index (χ2v) is 5.98. The standard InChI is InChI=1S/C15H26N4O2/c1-11-4-6-15(10-20,7-5-11)19-13-8-12(16-2)17-14(18-13)9-21-3/h8,11,20H,4-7,9-10H2,1-3H3,(H2,16,17,18,19). The van der Waals surface area contributed by atoms with Crippen LogP contribution in [0.1, 0.15) is 38.4 Å². The highest BCUT2D eigenvalue weighted by Crippen LogP contribution is 2.34. The molecule has 1 aromatic heterocycles. The topological polar surface area (TPSA) is 79.3 Å². The fraction of sp³-hybridized carbons (Fsp3) is 0.733. The lowest BCUT2D eigenvalue weighted by Crippen LogP contribution is -2.45. The number of aliphatic hydroxyl groups excluding tert-OH is 1. The van der Waals surface area contributed by atoms with E-state index in [0.29, 0.717) is 12.4 Å². The Labute approximate surface area is 126 Å². The highest BCUT2D eigenvalue weighted by Gasteiger charge is 2.34. The number of ether oxygens (including phenoxy) is 1. The molecular weight excluding hydrogens is 268 g/mol. The van der Waals surface area contributed by atoms with Gasteiger partial charge in [0, 0.05) is 20.2 Å². The van der Waals surface area contributed by atoms with Crippen molar-refractivity contribution in [3.8, 4) is 0 Å². The van der Waals surface area contributed by atoms with E-state index in [1.54, 1.807) is 7.11 Å². The van der Waals surface area contributed by atoms with E-state index in [1.807, 2.05) is 13.1 Å². The molecule has 1 aliphatic carbocycles. The van der Waals surface area contributed by atoms with E-state index in [0.717, 1.165) is 43.2 Å². The molecule has 0 amide bonds. The number of methoxy groups -OCH3 is 1. The molecule has 6 heteroatoms. The van der Waals surface area contributed by atoms with Gasteiger partial charge in [-0.05, 0) is 31.6 Å². The number of rotatable bonds is 6. The van der Waals surface area contributed by atoms with E-state index in [-0.39, 0.29) is 12.1 Å². The van der Waals surface area contributed by atoms with Crippen LogP contribution in [0.2, 0.25) is 0 Å². The highest BCUT2D eigenvalue weighted by atomic mass is 16.5. The zero-order chi connectivity index (χ0) is 15.3. The Balaban J connectivity index is 2.18. The van der Waals surface area contributed by atoms with Crippen molar-refractivity contribution in [2.75, 3.05) is 31.4 Å². The Morgan fingerprint density at radius 2 is 2.00 bits per heavy atom. The third-order valence-electron chi connectivity index (χ3n) is 4.23. The molecule has 1 fully saturated rings. The van der Waals surface area contributed by atoms with E-state index < -0.39 is 0 Å². The predicted molar refractivity (Wildman–Crippen MR) is 83.4 cm³/mol. The summed E-state index contributed by atoms with van der Waals surface area (Å²) < 4.78 is 5.11. The third-order valence-corrected chi connectivity index (χ3v) is 4.23. The number of aromatic nitrogens is 2. The lowest BCUT2D eigenvalue weighted by Gasteiger charge is -2.39. The minimum absolute atomic E-state index is 0.123. The number of hydrogen-bond donors (Lipinski definition) is 3. The largest absolute Gasteiger partial charge is 0.394 e. The van der Waals surface area contributed by atoms with Gasteiger partial charge in [-0.3, -0.25) is 0 Å². The van der Waals surface area contributed by atoms with Crippen molar-refractivity contribution in [1.29, 1.82) is 0 Å². The normalized spacial score (nSPS) is 25.6. The summed E-state index contributed by atoms with van der Waals surface area (Å²) in [5.74, 6) is 2.85. The van der Waals surface area contributed by atoms with Gasteiger partial charge in [0.1, 0.15) is 18.2 Å². The van der Waals surface area contributed by atoms with Crippen LogP contribution in [0.3, 0.4) is 0 Å². The van der Waals surface area contributed by atoms with Gasteiger partial charge in [-0.25, -0.2) is 9.97 Å². The monoisotopic (exact) mass is 294 g/mol. The molecule has 0 unspecified atom stereocenters. The smallest absolute Gasteiger partial charge is 0.158 e. The number of anilines is 2. The lowest BCUT2D eigenvalue weighted by molar-refractivity contribution is 0.154. The van der Waals surface area contributed by atoms with Gasteiger partial charge >= 0.3 is 0 Å². The maximum atomic E-state index is 9.84. The molecule has 0 saturated heterocycles. The Morgan fingerprint density at radius 1 is 1.33 bits per heavy atom. The van der Waals surface area contributed by atoms with Crippen LogP contribution in [0, 0.1) is 5.92 Å². The maximum absolute atomic E-state index is 9.84. The summed E-state index contributed by atoms with van der Waals surface area (Å²) in [6, 6.07) is 1.87. The van der Waals surface area contributed by atoms with Crippen molar-refractivity contribution < 1.29 is 9.84 Å². The van der Waals surface area contributed by atoms with Crippen molar-refractivity contribution in [1.82, 2.24) is 9.97 Å². The van der Waals surface area contributed by atoms with Crippen LogP contribution < -0.4 is 10.6 Å². The van der Waals surface area contributed by atoms with Crippen molar-refractivity contribution in [2.24, 2.45) is 5.92 Å². The van der Waals surface area contributed by atoms with Gasteiger partial charge in [0.2, 0.25) is 0 Å². The van der Waals surface area contributed by atoms with Gasteiger partial charge in [-0.2, -0.15) is 0 Å². The first kappa shape index (κ1) is 16.0. The highest BCUT2D eigenvalue weighted by molar-refractivity contribution is 5.48. The number of nitrogens with zero attached hydrogens (tertiary/aromatic N) is 2. The molecule has 0 radical (unpaired) electrons. The van der Waals surface area contributed by atoms with Crippen LogP contribution in [0.5, 0.6) is 0 Å². The fourth-order valence-corrected chi connectivity index (χ4v) is 2.79. The van der Waals surface area contributed by atoms with E-state index >= 15 is 0 Å². The molecule has 0 atom stereocenters. The van der Waals surface area contributed by atoms with Gasteiger partial charge in [-0.1, -0.05) is 6.92 Å². The minimum atomic E-state index is -0.268. The number of nitrogens with one attached hydrogen (secondary N) is 2. The van der Waals surface area contributed by atoms with Crippen LogP contribution in [-0.2, 0) is 11.3 Å². The zero-order valence-electron chi connectivity index (χ0n) is 13.1. The first-order valence-corrected chi connectivity index (χ1v) is 7.54. The molecule has 0 aliphatic heterocycles. The minimum Gasteiger partial charge on any atom is -0.394 e. The second kappa shape index (κ2) is 7.04. The van der Waals surface area contributed by atoms with Crippen molar-refractivity contribution in [3.63, 3.8) is 0 Å². The Bertz CT molecular complexity index is 459. The van der Waals surface area contributed by atoms with E-state index in [9.17, 15) is 5.11 Å². The van der Waals surface area contributed by atoms with E-state index in [2.05, 4.69) is 27.5 Å². The Kier molecular flexibility index (Phi) is 5.36. The summed E-state index contributed by atoms with van der Waals surface area (Å²) in [7, 11) is 3.45. The molecule has 6 nitrogen and oxygen atoms in total. The van der Waals surface area contributed by atoms with Crippen LogP contribution in [-0.4, -0.2) is 41.4 Å². The molecule has 118 valence electrons. The average Bonchev–Trinajstić information content (AvgIpc) is 2.50. The molecule has 1 aromatic rings. The molecule has 2 rings (SSSR count). The molecule has 1 aliphatic rings. The van der Waals surface area contributed by atoms with Gasteiger partial charge < -0.3 is 20.5 Å². The summed E-state index contributed by atoms with van der Waals surface area (Å²) in [5.41, 5.74) is -0.268. The van der Waals surface area contributed by atoms with Crippen molar-refractivity contribution in [2.45, 2.75) is 44.8 Å². The quantitative estimate of drug-likeness (QED) is 0.745. The fourth-order valence-electron chi connectivity index (χ4n) is 2.79. The molecule has 1 saturated carbocycles. The number of aliphatic hydroxyl groups is 1. The molecule has 0 spiro atoms. The summed E-state index contributed by atoms with van der Waals surface area (Å²) in [6.07, 6.45) is 4.18. The first-order valence-electron chi connectivity index (χ1n) is 7.54. The zero-order valence-corrected chi connectivity index (χ0v) is 13.1. The lowest BCUT2D eigenvalue weighted by atomic mass is 9.77. The van der Waals surface area contributed by atoms with Gasteiger partial charge in [0.15, 0.2) is 5.82 Å². The van der Waals surface area contributed by atoms with E-state index in [4.69, 9.17) is 4.74 Å². The second-order valence-electron chi connectivity index (χ2n) is 5.98. The number of hydrogen-bond acceptors (Lipinski definition) is 6. The molecule has 3 N–H and O–H groups in total. The third kappa shape index (κ3) is 4.04. The molecule has 21 heavy (non-hydrogen) atoms. The molecular formula is C15H26N4O2. The SMILES string of the molecule is CNc1cc(NC2(CO)CCC(C)CC2)nc(COC)n1. The van der Waals surface area contributed by atoms with Crippen molar-refractivity contribution in [3.05, 3.63) is 11.9 Å².